The lowest BCUT2D eigenvalue weighted by molar-refractivity contribution is 0.224. The van der Waals surface area contributed by atoms with Crippen LogP contribution < -0.4 is 11.1 Å². The Morgan fingerprint density at radius 2 is 2.18 bits per heavy atom. The number of anilines is 2. The first-order chi connectivity index (χ1) is 8.16. The molecule has 0 saturated carbocycles. The van der Waals surface area contributed by atoms with Crippen molar-refractivity contribution in [3.05, 3.63) is 42.7 Å². The molecule has 1 aromatic carbocycles. The molecular weight excluding hydrogens is 214 g/mol. The van der Waals surface area contributed by atoms with Gasteiger partial charge in [0, 0.05) is 34.9 Å². The van der Waals surface area contributed by atoms with Crippen molar-refractivity contribution in [3.8, 4) is 11.1 Å². The molecule has 17 heavy (non-hydrogen) atoms. The maximum Gasteiger partial charge on any atom is 0.121 e. The fourth-order valence-electron chi connectivity index (χ4n) is 1.67. The zero-order chi connectivity index (χ0) is 12.3. The van der Waals surface area contributed by atoms with Gasteiger partial charge in [0.15, 0.2) is 0 Å². The van der Waals surface area contributed by atoms with E-state index in [-0.39, 0.29) is 0 Å². The lowest BCUT2D eigenvalue weighted by Crippen LogP contribution is -2.14. The van der Waals surface area contributed by atoms with Crippen molar-refractivity contribution in [2.75, 3.05) is 11.1 Å². The average Bonchev–Trinajstić information content (AvgIpc) is 2.32. The van der Waals surface area contributed by atoms with Crippen LogP contribution in [0, 0.1) is 0 Å². The number of aromatic nitrogens is 1. The third kappa shape index (κ3) is 2.73. The Hall–Kier alpha value is -2.07. The molecular formula is C13H15N3O. The van der Waals surface area contributed by atoms with Crippen LogP contribution in [0.2, 0.25) is 0 Å². The summed E-state index contributed by atoms with van der Waals surface area (Å²) in [6, 6.07) is 9.33. The summed E-state index contributed by atoms with van der Waals surface area (Å²) in [6.07, 6.45) is 2.87. The van der Waals surface area contributed by atoms with Gasteiger partial charge in [0.1, 0.15) is 6.23 Å². The van der Waals surface area contributed by atoms with Crippen molar-refractivity contribution < 1.29 is 5.11 Å². The van der Waals surface area contributed by atoms with Crippen LogP contribution in [0.4, 0.5) is 11.4 Å². The van der Waals surface area contributed by atoms with Crippen molar-refractivity contribution >= 4 is 11.4 Å². The molecule has 0 radical (unpaired) electrons. The smallest absolute Gasteiger partial charge is 0.121 e. The summed E-state index contributed by atoms with van der Waals surface area (Å²) in [5.41, 5.74) is 9.19. The van der Waals surface area contributed by atoms with Crippen LogP contribution in [0.25, 0.3) is 11.1 Å². The van der Waals surface area contributed by atoms with E-state index in [4.69, 9.17) is 5.73 Å². The summed E-state index contributed by atoms with van der Waals surface area (Å²) < 4.78 is 0. The molecule has 4 nitrogen and oxygen atoms in total. The number of pyridine rings is 1. The van der Waals surface area contributed by atoms with Gasteiger partial charge in [-0.2, -0.15) is 0 Å². The second-order valence-corrected chi connectivity index (χ2v) is 3.87. The lowest BCUT2D eigenvalue weighted by Gasteiger charge is -2.14. The van der Waals surface area contributed by atoms with E-state index in [0.717, 1.165) is 16.8 Å². The third-order valence-corrected chi connectivity index (χ3v) is 2.38. The molecule has 1 heterocycles. The summed E-state index contributed by atoms with van der Waals surface area (Å²) in [5, 5.41) is 12.4. The second-order valence-electron chi connectivity index (χ2n) is 3.87. The topological polar surface area (TPSA) is 71.2 Å². The van der Waals surface area contributed by atoms with E-state index in [2.05, 4.69) is 10.3 Å². The highest BCUT2D eigenvalue weighted by atomic mass is 16.3. The quantitative estimate of drug-likeness (QED) is 0.556. The zero-order valence-electron chi connectivity index (χ0n) is 9.59. The number of hydrogen-bond donors (Lipinski definition) is 3. The summed E-state index contributed by atoms with van der Waals surface area (Å²) >= 11 is 0. The lowest BCUT2D eigenvalue weighted by atomic mass is 10.0. The van der Waals surface area contributed by atoms with E-state index in [1.54, 1.807) is 25.4 Å². The molecule has 0 saturated heterocycles. The standard InChI is InChI=1S/C13H15N3O/c1-9(17)16-13-5-4-11(14)7-12(13)10-3-2-6-15-8-10/h2-9,16-17H,14H2,1H3. The molecule has 88 valence electrons. The minimum Gasteiger partial charge on any atom is -0.399 e. The average molecular weight is 229 g/mol. The van der Waals surface area contributed by atoms with Crippen molar-refractivity contribution in [2.24, 2.45) is 0 Å². The Labute approximate surface area is 100 Å². The molecule has 4 heteroatoms. The van der Waals surface area contributed by atoms with Crippen LogP contribution in [0.1, 0.15) is 6.92 Å². The van der Waals surface area contributed by atoms with Gasteiger partial charge in [0.25, 0.3) is 0 Å². The van der Waals surface area contributed by atoms with Gasteiger partial charge in [0.2, 0.25) is 0 Å². The van der Waals surface area contributed by atoms with Crippen molar-refractivity contribution in [3.63, 3.8) is 0 Å². The Balaban J connectivity index is 2.47. The molecule has 2 rings (SSSR count). The summed E-state index contributed by atoms with van der Waals surface area (Å²) in [6.45, 7) is 1.67. The van der Waals surface area contributed by atoms with Crippen LogP contribution >= 0.6 is 0 Å². The first kappa shape index (κ1) is 11.4. The minimum absolute atomic E-state index is 0.617. The Morgan fingerprint density at radius 1 is 1.35 bits per heavy atom. The van der Waals surface area contributed by atoms with Crippen molar-refractivity contribution in [1.82, 2.24) is 4.98 Å². The minimum atomic E-state index is -0.617. The fourth-order valence-corrected chi connectivity index (χ4v) is 1.67. The summed E-state index contributed by atoms with van der Waals surface area (Å²) in [5.74, 6) is 0. The normalized spacial score (nSPS) is 12.1. The van der Waals surface area contributed by atoms with Gasteiger partial charge in [-0.05, 0) is 31.2 Å². The number of benzene rings is 1. The van der Waals surface area contributed by atoms with Gasteiger partial charge in [-0.25, -0.2) is 0 Å². The van der Waals surface area contributed by atoms with E-state index in [0.29, 0.717) is 5.69 Å². The van der Waals surface area contributed by atoms with Crippen LogP contribution in [-0.2, 0) is 0 Å². The summed E-state index contributed by atoms with van der Waals surface area (Å²) in [7, 11) is 0. The number of nitrogens with zero attached hydrogens (tertiary/aromatic N) is 1. The van der Waals surface area contributed by atoms with E-state index in [1.807, 2.05) is 24.3 Å². The number of aliphatic hydroxyl groups is 1. The van der Waals surface area contributed by atoms with Gasteiger partial charge in [-0.3, -0.25) is 4.98 Å². The molecule has 2 aromatic rings. The number of aliphatic hydroxyl groups excluding tert-OH is 1. The van der Waals surface area contributed by atoms with E-state index < -0.39 is 6.23 Å². The zero-order valence-corrected chi connectivity index (χ0v) is 9.59. The first-order valence-corrected chi connectivity index (χ1v) is 5.41. The Morgan fingerprint density at radius 3 is 2.82 bits per heavy atom. The fraction of sp³-hybridized carbons (Fsp3) is 0.154. The molecule has 0 spiro atoms. The summed E-state index contributed by atoms with van der Waals surface area (Å²) in [4.78, 5) is 4.08. The Kier molecular flexibility index (Phi) is 3.25. The molecule has 0 aliphatic rings. The van der Waals surface area contributed by atoms with Crippen LogP contribution in [-0.4, -0.2) is 16.3 Å². The highest BCUT2D eigenvalue weighted by Crippen LogP contribution is 2.29. The van der Waals surface area contributed by atoms with Gasteiger partial charge >= 0.3 is 0 Å². The maximum absolute atomic E-state index is 9.39. The number of nitrogens with two attached hydrogens (primary N) is 1. The molecule has 0 bridgehead atoms. The SMILES string of the molecule is CC(O)Nc1ccc(N)cc1-c1cccnc1. The number of rotatable bonds is 3. The van der Waals surface area contributed by atoms with Crippen LogP contribution in [0.15, 0.2) is 42.7 Å². The maximum atomic E-state index is 9.39. The first-order valence-electron chi connectivity index (χ1n) is 5.41. The molecule has 0 aliphatic carbocycles. The molecule has 1 atom stereocenters. The highest BCUT2D eigenvalue weighted by molar-refractivity contribution is 5.80. The Bertz CT molecular complexity index is 497. The van der Waals surface area contributed by atoms with Gasteiger partial charge in [-0.1, -0.05) is 6.07 Å². The molecule has 1 unspecified atom stereocenters. The third-order valence-electron chi connectivity index (χ3n) is 2.38. The van der Waals surface area contributed by atoms with E-state index in [9.17, 15) is 5.11 Å². The van der Waals surface area contributed by atoms with Gasteiger partial charge in [-0.15, -0.1) is 0 Å². The van der Waals surface area contributed by atoms with Gasteiger partial charge < -0.3 is 16.2 Å². The molecule has 0 amide bonds. The second kappa shape index (κ2) is 4.84. The molecule has 4 N–H and O–H groups in total. The van der Waals surface area contributed by atoms with E-state index in [1.165, 1.54) is 0 Å². The van der Waals surface area contributed by atoms with Crippen LogP contribution in [0.3, 0.4) is 0 Å². The van der Waals surface area contributed by atoms with Crippen LogP contribution in [0.5, 0.6) is 0 Å². The number of hydrogen-bond acceptors (Lipinski definition) is 4. The van der Waals surface area contributed by atoms with Crippen molar-refractivity contribution in [1.29, 1.82) is 0 Å². The monoisotopic (exact) mass is 229 g/mol. The predicted molar refractivity (Wildman–Crippen MR) is 69.4 cm³/mol. The van der Waals surface area contributed by atoms with E-state index >= 15 is 0 Å². The molecule has 0 fully saturated rings. The van der Waals surface area contributed by atoms with Gasteiger partial charge in [0.05, 0.1) is 0 Å². The molecule has 1 aromatic heterocycles. The highest BCUT2D eigenvalue weighted by Gasteiger charge is 2.07. The number of nitrogens with one attached hydrogen (secondary N) is 1. The van der Waals surface area contributed by atoms with Crippen molar-refractivity contribution in [2.45, 2.75) is 13.2 Å². The molecule has 0 aliphatic heterocycles. The number of nitrogen functional groups attached to an aromatic ring is 1. The largest absolute Gasteiger partial charge is 0.399 e. The predicted octanol–water partition coefficient (Wildman–Crippen LogP) is 2.08.